The van der Waals surface area contributed by atoms with Crippen LogP contribution in [0.5, 0.6) is 0 Å². The van der Waals surface area contributed by atoms with Crippen molar-refractivity contribution in [3.63, 3.8) is 0 Å². The second kappa shape index (κ2) is 4.83. The summed E-state index contributed by atoms with van der Waals surface area (Å²) in [6, 6.07) is 1.70. The van der Waals surface area contributed by atoms with E-state index in [1.165, 1.54) is 0 Å². The fourth-order valence-electron chi connectivity index (χ4n) is 3.31. The highest BCUT2D eigenvalue weighted by Gasteiger charge is 2.66. The fourth-order valence-corrected chi connectivity index (χ4v) is 3.31. The van der Waals surface area contributed by atoms with Gasteiger partial charge in [-0.25, -0.2) is 9.59 Å². The third-order valence-electron chi connectivity index (χ3n) is 4.40. The van der Waals surface area contributed by atoms with Gasteiger partial charge in [0.25, 0.3) is 0 Å². The monoisotopic (exact) mass is 311 g/mol. The van der Waals surface area contributed by atoms with E-state index < -0.39 is 23.8 Å². The number of hydrogen-bond acceptors (Lipinski definition) is 7. The molecule has 2 fully saturated rings. The number of pyridine rings is 1. The fraction of sp³-hybridized carbons (Fsp3) is 0.312. The summed E-state index contributed by atoms with van der Waals surface area (Å²) in [5.74, 6) is 1.44. The number of nitrogens with zero attached hydrogens (tertiary/aromatic N) is 2. The molecule has 3 aliphatic rings. The zero-order chi connectivity index (χ0) is 16.0. The zero-order valence-electron chi connectivity index (χ0n) is 12.1. The predicted molar refractivity (Wildman–Crippen MR) is 79.2 cm³/mol. The maximum Gasteiger partial charge on any atom is 0.332 e. The number of rotatable bonds is 1. The van der Waals surface area contributed by atoms with E-state index in [2.05, 4.69) is 16.2 Å². The number of carbonyl (C=O) groups excluding carboxylic acids is 2. The molecule has 0 aromatic carbocycles. The number of nitrogens with one attached hydrogen (secondary N) is 1. The van der Waals surface area contributed by atoms with Crippen molar-refractivity contribution < 1.29 is 19.1 Å². The molecule has 0 radical (unpaired) electrons. The van der Waals surface area contributed by atoms with Gasteiger partial charge in [-0.2, -0.15) is 0 Å². The minimum absolute atomic E-state index is 0.148. The number of ether oxygens (including phenoxy) is 2. The van der Waals surface area contributed by atoms with Crippen LogP contribution in [0.15, 0.2) is 30.6 Å². The Morgan fingerprint density at radius 2 is 2.17 bits per heavy atom. The van der Waals surface area contributed by atoms with E-state index in [1.807, 2.05) is 11.0 Å². The Hall–Kier alpha value is -2.85. The maximum absolute atomic E-state index is 11.9. The minimum atomic E-state index is -0.885. The van der Waals surface area contributed by atoms with Crippen molar-refractivity contribution in [2.45, 2.75) is 17.9 Å². The number of aromatic nitrogens is 1. The van der Waals surface area contributed by atoms with E-state index in [4.69, 9.17) is 15.9 Å². The summed E-state index contributed by atoms with van der Waals surface area (Å²) >= 11 is 0. The SMILES string of the molecule is C#Cc1cncc(N2C[C@@]34OC(=O)/C=C/C(=O)OC3NC[C@@H]24)c1. The van der Waals surface area contributed by atoms with Crippen LogP contribution in [0.4, 0.5) is 5.69 Å². The van der Waals surface area contributed by atoms with Gasteiger partial charge in [0.15, 0.2) is 6.23 Å². The number of anilines is 1. The normalized spacial score (nSPS) is 33.1. The first-order valence-electron chi connectivity index (χ1n) is 7.16. The Morgan fingerprint density at radius 1 is 1.35 bits per heavy atom. The second-order valence-corrected chi connectivity index (χ2v) is 5.65. The van der Waals surface area contributed by atoms with Crippen LogP contribution in [0.3, 0.4) is 0 Å². The summed E-state index contributed by atoms with van der Waals surface area (Å²) in [4.78, 5) is 29.6. The highest BCUT2D eigenvalue weighted by molar-refractivity contribution is 5.92. The molecule has 1 unspecified atom stereocenters. The summed E-state index contributed by atoms with van der Waals surface area (Å²) in [5, 5.41) is 3.10. The molecule has 1 spiro atoms. The van der Waals surface area contributed by atoms with E-state index in [9.17, 15) is 9.59 Å². The summed E-state index contributed by atoms with van der Waals surface area (Å²) in [6.45, 7) is 0.920. The van der Waals surface area contributed by atoms with E-state index in [1.54, 1.807) is 12.4 Å². The molecule has 0 aliphatic carbocycles. The number of carbonyl (C=O) groups is 2. The van der Waals surface area contributed by atoms with Gasteiger partial charge in [-0.1, -0.05) is 5.92 Å². The molecule has 116 valence electrons. The van der Waals surface area contributed by atoms with Crippen molar-refractivity contribution >= 4 is 17.6 Å². The Morgan fingerprint density at radius 3 is 3.00 bits per heavy atom. The number of hydrogen-bond donors (Lipinski definition) is 1. The van der Waals surface area contributed by atoms with Gasteiger partial charge in [-0.15, -0.1) is 6.42 Å². The van der Waals surface area contributed by atoms with Gasteiger partial charge >= 0.3 is 11.9 Å². The van der Waals surface area contributed by atoms with Gasteiger partial charge in [0.1, 0.15) is 0 Å². The average molecular weight is 311 g/mol. The first kappa shape index (κ1) is 13.8. The lowest BCUT2D eigenvalue weighted by Gasteiger charge is -2.54. The van der Waals surface area contributed by atoms with E-state index >= 15 is 0 Å². The molecule has 3 aliphatic heterocycles. The van der Waals surface area contributed by atoms with Gasteiger partial charge in [0.05, 0.1) is 24.5 Å². The Kier molecular flexibility index (Phi) is 2.89. The molecule has 23 heavy (non-hydrogen) atoms. The van der Waals surface area contributed by atoms with Crippen LogP contribution in [0, 0.1) is 12.3 Å². The van der Waals surface area contributed by atoms with Gasteiger partial charge in [-0.05, 0) is 6.07 Å². The molecule has 7 heteroatoms. The Bertz CT molecular complexity index is 769. The number of terminal acetylenes is 1. The Labute approximate surface area is 132 Å². The van der Waals surface area contributed by atoms with E-state index in [0.29, 0.717) is 18.7 Å². The zero-order valence-corrected chi connectivity index (χ0v) is 12.1. The summed E-state index contributed by atoms with van der Waals surface area (Å²) in [6.07, 6.45) is 10.2. The van der Waals surface area contributed by atoms with Crippen molar-refractivity contribution in [1.82, 2.24) is 10.3 Å². The maximum atomic E-state index is 11.9. The standard InChI is InChI=1S/C16H13N3O4/c1-2-10-5-11(7-17-6-10)19-9-16-12(19)8-18-15(16)22-13(20)3-4-14(21)23-16/h1,3-7,12,15,18H,8-9H2/b4-3+/t12-,15?,16+/m1/s1. The molecule has 0 bridgehead atoms. The quantitative estimate of drug-likeness (QED) is 0.557. The molecule has 2 saturated heterocycles. The molecule has 3 atom stereocenters. The van der Waals surface area contributed by atoms with Crippen LogP contribution in [0.2, 0.25) is 0 Å². The van der Waals surface area contributed by atoms with Crippen molar-refractivity contribution in [3.8, 4) is 12.3 Å². The molecule has 4 rings (SSSR count). The molecule has 0 amide bonds. The van der Waals surface area contributed by atoms with Crippen LogP contribution in [0.25, 0.3) is 0 Å². The molecule has 0 saturated carbocycles. The third-order valence-corrected chi connectivity index (χ3v) is 4.40. The van der Waals surface area contributed by atoms with Gasteiger partial charge in [-0.3, -0.25) is 10.3 Å². The molecule has 1 aromatic rings. The molecular formula is C16H13N3O4. The van der Waals surface area contributed by atoms with Crippen LogP contribution in [0.1, 0.15) is 5.56 Å². The van der Waals surface area contributed by atoms with Gasteiger partial charge in [0, 0.05) is 30.5 Å². The van der Waals surface area contributed by atoms with E-state index in [0.717, 1.165) is 17.8 Å². The summed E-state index contributed by atoms with van der Waals surface area (Å²) in [7, 11) is 0. The lowest BCUT2D eigenvalue weighted by atomic mass is 9.84. The van der Waals surface area contributed by atoms with E-state index in [-0.39, 0.29) is 6.04 Å². The van der Waals surface area contributed by atoms with Crippen molar-refractivity contribution in [1.29, 1.82) is 0 Å². The van der Waals surface area contributed by atoms with Crippen molar-refractivity contribution in [3.05, 3.63) is 36.2 Å². The second-order valence-electron chi connectivity index (χ2n) is 5.65. The summed E-state index contributed by atoms with van der Waals surface area (Å²) in [5.41, 5.74) is 0.636. The largest absolute Gasteiger partial charge is 0.446 e. The topological polar surface area (TPSA) is 80.8 Å². The minimum Gasteiger partial charge on any atom is -0.446 e. The average Bonchev–Trinajstić information content (AvgIpc) is 2.77. The van der Waals surface area contributed by atoms with Crippen LogP contribution in [-0.2, 0) is 19.1 Å². The predicted octanol–water partition coefficient (Wildman–Crippen LogP) is -0.424. The highest BCUT2D eigenvalue weighted by atomic mass is 16.6. The smallest absolute Gasteiger partial charge is 0.332 e. The van der Waals surface area contributed by atoms with Gasteiger partial charge in [0.2, 0.25) is 5.60 Å². The Balaban J connectivity index is 1.64. The van der Waals surface area contributed by atoms with Crippen LogP contribution >= 0.6 is 0 Å². The third kappa shape index (κ3) is 1.99. The molecule has 4 heterocycles. The van der Waals surface area contributed by atoms with Crippen LogP contribution in [-0.4, -0.2) is 47.9 Å². The van der Waals surface area contributed by atoms with Crippen molar-refractivity contribution in [2.75, 3.05) is 18.0 Å². The molecule has 1 aromatic heterocycles. The lowest BCUT2D eigenvalue weighted by molar-refractivity contribution is -0.188. The van der Waals surface area contributed by atoms with Gasteiger partial charge < -0.3 is 14.4 Å². The van der Waals surface area contributed by atoms with Crippen molar-refractivity contribution in [2.24, 2.45) is 0 Å². The molecular weight excluding hydrogens is 298 g/mol. The van der Waals surface area contributed by atoms with Crippen LogP contribution < -0.4 is 10.2 Å². The molecule has 1 N–H and O–H groups in total. The first-order valence-corrected chi connectivity index (χ1v) is 7.16. The summed E-state index contributed by atoms with van der Waals surface area (Å²) < 4.78 is 10.9. The number of esters is 2. The molecule has 7 nitrogen and oxygen atoms in total. The lowest BCUT2D eigenvalue weighted by Crippen LogP contribution is -2.74. The highest BCUT2D eigenvalue weighted by Crippen LogP contribution is 2.43. The first-order chi connectivity index (χ1) is 11.1.